The van der Waals surface area contributed by atoms with E-state index in [1.165, 1.54) is 0 Å². The first-order valence-corrected chi connectivity index (χ1v) is 9.00. The van der Waals surface area contributed by atoms with Crippen molar-refractivity contribution in [1.82, 2.24) is 0 Å². The van der Waals surface area contributed by atoms with Gasteiger partial charge in [0, 0.05) is 0 Å². The summed E-state index contributed by atoms with van der Waals surface area (Å²) in [5.74, 6) is 0. The molecule has 0 nitrogen and oxygen atoms in total. The van der Waals surface area contributed by atoms with Crippen molar-refractivity contribution in [3.05, 3.63) is 0 Å². The van der Waals surface area contributed by atoms with Gasteiger partial charge in [0.25, 0.3) is 0 Å². The third-order valence-corrected chi connectivity index (χ3v) is 12.4. The average molecular weight is 158 g/mol. The van der Waals surface area contributed by atoms with Crippen LogP contribution in [-0.4, -0.2) is 15.8 Å². The Morgan fingerprint density at radius 1 is 0.889 bits per heavy atom. The van der Waals surface area contributed by atoms with Crippen LogP contribution in [0.3, 0.4) is 0 Å². The van der Waals surface area contributed by atoms with Crippen molar-refractivity contribution in [3.8, 4) is 0 Å². The van der Waals surface area contributed by atoms with E-state index in [0.29, 0.717) is 5.04 Å². The normalized spacial score (nSPS) is 11.3. The van der Waals surface area contributed by atoms with Crippen LogP contribution < -0.4 is 0 Å². The molecule has 0 radical (unpaired) electrons. The van der Waals surface area contributed by atoms with Crippen LogP contribution in [0.2, 0.25) is 24.7 Å². The van der Waals surface area contributed by atoms with Crippen LogP contribution in [0.1, 0.15) is 20.8 Å². The van der Waals surface area contributed by atoms with Crippen molar-refractivity contribution in [2.45, 2.75) is 45.5 Å². The van der Waals surface area contributed by atoms with Gasteiger partial charge in [0.05, 0.1) is 0 Å². The Kier molecular flexibility index (Phi) is 3.16. The summed E-state index contributed by atoms with van der Waals surface area (Å²) < 4.78 is 0. The zero-order valence-corrected chi connectivity index (χ0v) is 9.50. The Morgan fingerprint density at radius 2 is 1.22 bits per heavy atom. The van der Waals surface area contributed by atoms with Crippen molar-refractivity contribution in [3.63, 3.8) is 0 Å². The summed E-state index contributed by atoms with van der Waals surface area (Å²) in [6.45, 7) is 14.5. The predicted octanol–water partition coefficient (Wildman–Crippen LogP) is 2.74. The molecule has 2 heteroatoms. The lowest BCUT2D eigenvalue weighted by Gasteiger charge is -2.20. The van der Waals surface area contributed by atoms with Gasteiger partial charge in [0.1, 0.15) is 0 Å². The molecule has 0 heterocycles. The fourth-order valence-corrected chi connectivity index (χ4v) is 6.75. The van der Waals surface area contributed by atoms with Crippen LogP contribution in [-0.2, 0) is 0 Å². The molecule has 0 aromatic heterocycles. The van der Waals surface area contributed by atoms with Gasteiger partial charge >= 0.3 is 0 Å². The Balaban J connectivity index is 4.40. The minimum absolute atomic E-state index is 0.0203. The molecule has 0 aliphatic carbocycles. The van der Waals surface area contributed by atoms with Gasteiger partial charge in [-0.3, -0.25) is 0 Å². The second kappa shape index (κ2) is 3.01. The van der Waals surface area contributed by atoms with Gasteiger partial charge in [-0.2, -0.15) is 0 Å². The fourth-order valence-electron chi connectivity index (χ4n) is 0.750. The van der Waals surface area contributed by atoms with Crippen molar-refractivity contribution in [2.75, 3.05) is 0 Å². The van der Waals surface area contributed by atoms with E-state index in [9.17, 15) is 0 Å². The second-order valence-electron chi connectivity index (χ2n) is 3.88. The lowest BCUT2D eigenvalue weighted by Crippen LogP contribution is -2.19. The molecule has 0 saturated heterocycles. The maximum Gasteiger partial charge on any atom is -0.0101 e. The van der Waals surface area contributed by atoms with Crippen molar-refractivity contribution < 1.29 is 0 Å². The monoisotopic (exact) mass is 158 g/mol. The SMILES string of the molecule is C[Si](C)=[Si](C)C(C)(C)C. The molecule has 9 heavy (non-hydrogen) atoms. The van der Waals surface area contributed by atoms with Crippen LogP contribution in [0.4, 0.5) is 0 Å². The van der Waals surface area contributed by atoms with Crippen LogP contribution in [0.5, 0.6) is 0 Å². The molecule has 0 aromatic carbocycles. The molecule has 0 aliphatic heterocycles. The Morgan fingerprint density at radius 3 is 1.22 bits per heavy atom. The van der Waals surface area contributed by atoms with Crippen molar-refractivity contribution >= 4 is 15.8 Å². The van der Waals surface area contributed by atoms with E-state index in [2.05, 4.69) is 40.4 Å². The number of hydrogen-bond acceptors (Lipinski definition) is 0. The molecule has 0 spiro atoms. The van der Waals surface area contributed by atoms with E-state index < -0.39 is 0 Å². The lowest BCUT2D eigenvalue weighted by atomic mass is 10.3. The van der Waals surface area contributed by atoms with Crippen LogP contribution in [0.25, 0.3) is 0 Å². The minimum atomic E-state index is -0.0203. The third-order valence-electron chi connectivity index (χ3n) is 1.88. The van der Waals surface area contributed by atoms with E-state index >= 15 is 0 Å². The van der Waals surface area contributed by atoms with E-state index in [4.69, 9.17) is 0 Å². The summed E-state index contributed by atoms with van der Waals surface area (Å²) in [7, 11) is 0.0118. The highest BCUT2D eigenvalue weighted by Crippen LogP contribution is 2.22. The van der Waals surface area contributed by atoms with Gasteiger partial charge in [-0.05, 0) is 20.8 Å². The number of rotatable bonds is 0. The summed E-state index contributed by atoms with van der Waals surface area (Å²) >= 11 is 0. The van der Waals surface area contributed by atoms with Crippen LogP contribution in [0, 0.1) is 0 Å². The first kappa shape index (κ1) is 9.43. The standard InChI is InChI=1S/C7H18Si2/c1-7(2,3)9(6)8(4)5/h1-6H3. The molecule has 0 aromatic rings. The fraction of sp³-hybridized carbons (Fsp3) is 1.00. The molecule has 0 bridgehead atoms. The summed E-state index contributed by atoms with van der Waals surface area (Å²) in [6.07, 6.45) is 0. The Labute approximate surface area is 61.8 Å². The van der Waals surface area contributed by atoms with Crippen molar-refractivity contribution in [1.29, 1.82) is 0 Å². The van der Waals surface area contributed by atoms with Gasteiger partial charge in [-0.15, -0.1) is 0 Å². The molecular weight excluding hydrogens is 140 g/mol. The minimum Gasteiger partial charge on any atom is -0.0600 e. The zero-order chi connectivity index (χ0) is 7.65. The van der Waals surface area contributed by atoms with Gasteiger partial charge in [-0.1, -0.05) is 40.4 Å². The summed E-state index contributed by atoms with van der Waals surface area (Å²) in [5.41, 5.74) is 0. The number of hydrogen-bond donors (Lipinski definition) is 0. The van der Waals surface area contributed by atoms with E-state index in [1.807, 2.05) is 0 Å². The molecular formula is C7H18Si2. The highest BCUT2D eigenvalue weighted by Gasteiger charge is 2.13. The first-order chi connectivity index (χ1) is 3.85. The summed E-state index contributed by atoms with van der Waals surface area (Å²) in [5, 5.41) is 0.627. The smallest absolute Gasteiger partial charge is 0.0101 e. The van der Waals surface area contributed by atoms with E-state index in [1.54, 1.807) is 0 Å². The second-order valence-corrected chi connectivity index (χ2v) is 13.9. The highest BCUT2D eigenvalue weighted by atomic mass is 28.9. The van der Waals surface area contributed by atoms with Crippen LogP contribution in [0.15, 0.2) is 0 Å². The third kappa shape index (κ3) is 3.21. The lowest BCUT2D eigenvalue weighted by molar-refractivity contribution is 0.752. The molecule has 0 amide bonds. The molecule has 0 N–H and O–H groups in total. The largest absolute Gasteiger partial charge is 0.0600 e. The molecule has 54 valence electrons. The van der Waals surface area contributed by atoms with E-state index in [0.717, 1.165) is 0 Å². The molecule has 0 unspecified atom stereocenters. The van der Waals surface area contributed by atoms with Crippen LogP contribution >= 0.6 is 0 Å². The topological polar surface area (TPSA) is 0 Å². The molecule has 0 atom stereocenters. The zero-order valence-electron chi connectivity index (χ0n) is 7.50. The predicted molar refractivity (Wildman–Crippen MR) is 48.8 cm³/mol. The quantitative estimate of drug-likeness (QED) is 0.476. The summed E-state index contributed by atoms with van der Waals surface area (Å²) in [6, 6.07) is 0. The first-order valence-electron chi connectivity index (χ1n) is 3.50. The molecule has 0 saturated carbocycles. The van der Waals surface area contributed by atoms with Gasteiger partial charge in [-0.25, -0.2) is 0 Å². The molecule has 0 fully saturated rings. The van der Waals surface area contributed by atoms with Gasteiger partial charge in [0.2, 0.25) is 0 Å². The van der Waals surface area contributed by atoms with Gasteiger partial charge < -0.3 is 0 Å². The molecule has 0 rings (SSSR count). The average Bonchev–Trinajstić information content (AvgIpc) is 1.62. The Bertz CT molecular complexity index is 124. The van der Waals surface area contributed by atoms with Gasteiger partial charge in [0.15, 0.2) is 0 Å². The maximum atomic E-state index is 2.47. The van der Waals surface area contributed by atoms with Crippen molar-refractivity contribution in [2.24, 2.45) is 0 Å². The van der Waals surface area contributed by atoms with E-state index in [-0.39, 0.29) is 15.8 Å². The molecule has 0 aliphatic rings. The summed E-state index contributed by atoms with van der Waals surface area (Å²) in [4.78, 5) is 0. The Hall–Kier alpha value is 0.434. The maximum absolute atomic E-state index is 2.47. The highest BCUT2D eigenvalue weighted by molar-refractivity contribution is 6.95.